The predicted octanol–water partition coefficient (Wildman–Crippen LogP) is 2.84. The monoisotopic (exact) mass is 268 g/mol. The molecule has 0 atom stereocenters. The Balaban J connectivity index is 1.74. The lowest BCUT2D eigenvalue weighted by Crippen LogP contribution is -2.13. The second-order valence-corrected chi connectivity index (χ2v) is 4.33. The first-order valence-corrected chi connectivity index (χ1v) is 6.40. The fourth-order valence-corrected chi connectivity index (χ4v) is 1.77. The van der Waals surface area contributed by atoms with Gasteiger partial charge in [-0.25, -0.2) is 0 Å². The van der Waals surface area contributed by atoms with Crippen LogP contribution in [-0.4, -0.2) is 25.7 Å². The van der Waals surface area contributed by atoms with Crippen LogP contribution in [0.4, 0.5) is 11.4 Å². The van der Waals surface area contributed by atoms with E-state index in [-0.39, 0.29) is 0 Å². The summed E-state index contributed by atoms with van der Waals surface area (Å²) in [6.07, 6.45) is 1.66. The molecule has 2 rings (SSSR count). The van der Waals surface area contributed by atoms with Crippen molar-refractivity contribution in [3.05, 3.63) is 59.7 Å². The third-order valence-electron chi connectivity index (χ3n) is 2.88. The average molecular weight is 268 g/mol. The zero-order chi connectivity index (χ0) is 14.2. The molecule has 0 fully saturated rings. The van der Waals surface area contributed by atoms with Gasteiger partial charge in [-0.15, -0.1) is 0 Å². The van der Waals surface area contributed by atoms with E-state index in [1.807, 2.05) is 24.3 Å². The molecule has 20 heavy (non-hydrogen) atoms. The predicted molar refractivity (Wildman–Crippen MR) is 80.6 cm³/mol. The van der Waals surface area contributed by atoms with Crippen molar-refractivity contribution in [2.45, 2.75) is 0 Å². The highest BCUT2D eigenvalue weighted by atomic mass is 16.1. The summed E-state index contributed by atoms with van der Waals surface area (Å²) in [4.78, 5) is 21.1. The first-order valence-electron chi connectivity index (χ1n) is 6.40. The SMILES string of the molecule is O=Cc1ccc(NCCNc2ccc(C=O)cc2)cc1. The molecule has 2 aromatic rings. The van der Waals surface area contributed by atoms with E-state index in [4.69, 9.17) is 0 Å². The van der Waals surface area contributed by atoms with Crippen LogP contribution in [-0.2, 0) is 0 Å². The van der Waals surface area contributed by atoms with E-state index in [9.17, 15) is 9.59 Å². The molecule has 0 heterocycles. The molecule has 0 bridgehead atoms. The summed E-state index contributed by atoms with van der Waals surface area (Å²) in [6.45, 7) is 1.52. The van der Waals surface area contributed by atoms with Crippen LogP contribution < -0.4 is 10.6 Å². The van der Waals surface area contributed by atoms with Gasteiger partial charge in [-0.05, 0) is 48.5 Å². The quantitative estimate of drug-likeness (QED) is 0.599. The van der Waals surface area contributed by atoms with E-state index in [0.29, 0.717) is 11.1 Å². The fraction of sp³-hybridized carbons (Fsp3) is 0.125. The molecule has 0 amide bonds. The van der Waals surface area contributed by atoms with E-state index in [1.54, 1.807) is 24.3 Å². The highest BCUT2D eigenvalue weighted by Crippen LogP contribution is 2.09. The van der Waals surface area contributed by atoms with Crippen molar-refractivity contribution in [2.75, 3.05) is 23.7 Å². The maximum absolute atomic E-state index is 10.5. The van der Waals surface area contributed by atoms with Crippen LogP contribution in [0.15, 0.2) is 48.5 Å². The molecular formula is C16H16N2O2. The van der Waals surface area contributed by atoms with Crippen LogP contribution in [0.1, 0.15) is 20.7 Å². The van der Waals surface area contributed by atoms with E-state index in [2.05, 4.69) is 10.6 Å². The van der Waals surface area contributed by atoms with Gasteiger partial charge in [0.05, 0.1) is 0 Å². The van der Waals surface area contributed by atoms with Crippen molar-refractivity contribution in [2.24, 2.45) is 0 Å². The van der Waals surface area contributed by atoms with Gasteiger partial charge in [-0.1, -0.05) is 0 Å². The summed E-state index contributed by atoms with van der Waals surface area (Å²) < 4.78 is 0. The zero-order valence-corrected chi connectivity index (χ0v) is 11.0. The molecule has 0 saturated carbocycles. The number of rotatable bonds is 7. The standard InChI is InChI=1S/C16H16N2O2/c19-11-13-1-5-15(6-2-13)17-9-10-18-16-7-3-14(12-20)4-8-16/h1-8,11-12,17-18H,9-10H2. The van der Waals surface area contributed by atoms with Crippen LogP contribution in [0.3, 0.4) is 0 Å². The second kappa shape index (κ2) is 7.09. The van der Waals surface area contributed by atoms with Crippen LogP contribution >= 0.6 is 0 Å². The highest BCUT2D eigenvalue weighted by Gasteiger charge is 1.94. The lowest BCUT2D eigenvalue weighted by atomic mass is 10.2. The van der Waals surface area contributed by atoms with Gasteiger partial charge in [0, 0.05) is 35.6 Å². The van der Waals surface area contributed by atoms with Crippen LogP contribution in [0, 0.1) is 0 Å². The van der Waals surface area contributed by atoms with Gasteiger partial charge >= 0.3 is 0 Å². The van der Waals surface area contributed by atoms with E-state index < -0.39 is 0 Å². The van der Waals surface area contributed by atoms with Gasteiger partial charge in [-0.3, -0.25) is 9.59 Å². The minimum atomic E-state index is 0.670. The molecule has 0 aliphatic carbocycles. The molecule has 2 N–H and O–H groups in total. The van der Waals surface area contributed by atoms with Gasteiger partial charge in [0.1, 0.15) is 12.6 Å². The van der Waals surface area contributed by atoms with Gasteiger partial charge in [0.15, 0.2) is 0 Å². The maximum atomic E-state index is 10.5. The fourth-order valence-electron chi connectivity index (χ4n) is 1.77. The molecular weight excluding hydrogens is 252 g/mol. The minimum absolute atomic E-state index is 0.670. The number of nitrogens with one attached hydrogen (secondary N) is 2. The van der Waals surface area contributed by atoms with Crippen LogP contribution in [0.25, 0.3) is 0 Å². The molecule has 4 nitrogen and oxygen atoms in total. The lowest BCUT2D eigenvalue weighted by molar-refractivity contribution is 0.111. The van der Waals surface area contributed by atoms with E-state index in [1.165, 1.54) is 0 Å². The Hall–Kier alpha value is -2.62. The van der Waals surface area contributed by atoms with Crippen molar-refractivity contribution in [1.82, 2.24) is 0 Å². The molecule has 0 spiro atoms. The van der Waals surface area contributed by atoms with E-state index in [0.717, 1.165) is 37.0 Å². The van der Waals surface area contributed by atoms with E-state index >= 15 is 0 Å². The summed E-state index contributed by atoms with van der Waals surface area (Å²) >= 11 is 0. The number of hydrogen-bond donors (Lipinski definition) is 2. The summed E-state index contributed by atoms with van der Waals surface area (Å²) in [7, 11) is 0. The normalized spacial score (nSPS) is 9.80. The van der Waals surface area contributed by atoms with Crippen molar-refractivity contribution in [3.63, 3.8) is 0 Å². The number of anilines is 2. The topological polar surface area (TPSA) is 58.2 Å². The highest BCUT2D eigenvalue weighted by molar-refractivity contribution is 5.76. The summed E-state index contributed by atoms with van der Waals surface area (Å²) in [5.41, 5.74) is 3.30. The number of carbonyl (C=O) groups excluding carboxylic acids is 2. The molecule has 0 unspecified atom stereocenters. The first kappa shape index (κ1) is 13.8. The van der Waals surface area contributed by atoms with Gasteiger partial charge < -0.3 is 10.6 Å². The number of benzene rings is 2. The Bertz CT molecular complexity index is 509. The van der Waals surface area contributed by atoms with Crippen molar-refractivity contribution >= 4 is 23.9 Å². The Morgan fingerprint density at radius 1 is 0.650 bits per heavy atom. The molecule has 102 valence electrons. The number of aldehydes is 2. The smallest absolute Gasteiger partial charge is 0.150 e. The Labute approximate surface area is 117 Å². The summed E-state index contributed by atoms with van der Waals surface area (Å²) in [6, 6.07) is 14.6. The van der Waals surface area contributed by atoms with Gasteiger partial charge in [-0.2, -0.15) is 0 Å². The molecule has 2 aromatic carbocycles. The van der Waals surface area contributed by atoms with Crippen molar-refractivity contribution in [1.29, 1.82) is 0 Å². The summed E-state index contributed by atoms with van der Waals surface area (Å²) in [5.74, 6) is 0. The number of hydrogen-bond acceptors (Lipinski definition) is 4. The average Bonchev–Trinajstić information content (AvgIpc) is 2.53. The molecule has 0 aliphatic heterocycles. The van der Waals surface area contributed by atoms with Gasteiger partial charge in [0.2, 0.25) is 0 Å². The summed E-state index contributed by atoms with van der Waals surface area (Å²) in [5, 5.41) is 6.51. The Morgan fingerprint density at radius 2 is 1.00 bits per heavy atom. The third-order valence-corrected chi connectivity index (χ3v) is 2.88. The van der Waals surface area contributed by atoms with Crippen molar-refractivity contribution in [3.8, 4) is 0 Å². The zero-order valence-electron chi connectivity index (χ0n) is 11.0. The van der Waals surface area contributed by atoms with Crippen LogP contribution in [0.2, 0.25) is 0 Å². The van der Waals surface area contributed by atoms with Gasteiger partial charge in [0.25, 0.3) is 0 Å². The van der Waals surface area contributed by atoms with Crippen LogP contribution in [0.5, 0.6) is 0 Å². The first-order chi connectivity index (χ1) is 9.81. The Kier molecular flexibility index (Phi) is 4.89. The number of carbonyl (C=O) groups is 2. The maximum Gasteiger partial charge on any atom is 0.150 e. The molecule has 0 aliphatic rings. The minimum Gasteiger partial charge on any atom is -0.383 e. The molecule has 4 heteroatoms. The third kappa shape index (κ3) is 3.95. The molecule has 0 saturated heterocycles. The van der Waals surface area contributed by atoms with Crippen molar-refractivity contribution < 1.29 is 9.59 Å². The largest absolute Gasteiger partial charge is 0.383 e. The lowest BCUT2D eigenvalue weighted by Gasteiger charge is -2.09. The Morgan fingerprint density at radius 3 is 1.30 bits per heavy atom. The molecule has 0 radical (unpaired) electrons. The second-order valence-electron chi connectivity index (χ2n) is 4.33. The molecule has 0 aromatic heterocycles.